The van der Waals surface area contributed by atoms with Gasteiger partial charge in [-0.25, -0.2) is 4.79 Å². The highest BCUT2D eigenvalue weighted by molar-refractivity contribution is 6.30. The number of aryl methyl sites for hydroxylation is 1. The fraction of sp³-hybridized carbons (Fsp3) is 0.241. The highest BCUT2D eigenvalue weighted by Gasteiger charge is 2.24. The second kappa shape index (κ2) is 10.7. The fourth-order valence-electron chi connectivity index (χ4n) is 4.29. The molecule has 0 saturated heterocycles. The zero-order valence-corrected chi connectivity index (χ0v) is 21.3. The van der Waals surface area contributed by atoms with Gasteiger partial charge in [0, 0.05) is 18.1 Å². The van der Waals surface area contributed by atoms with Crippen molar-refractivity contribution in [3.8, 4) is 17.2 Å². The van der Waals surface area contributed by atoms with E-state index in [4.69, 9.17) is 30.2 Å². The van der Waals surface area contributed by atoms with Gasteiger partial charge in [0.05, 0.1) is 23.1 Å². The van der Waals surface area contributed by atoms with Gasteiger partial charge in [-0.15, -0.1) is 0 Å². The van der Waals surface area contributed by atoms with E-state index in [-0.39, 0.29) is 11.2 Å². The van der Waals surface area contributed by atoms with E-state index in [0.29, 0.717) is 58.7 Å². The number of carbonyl (C=O) groups excluding carboxylic acids is 1. The van der Waals surface area contributed by atoms with E-state index in [1.807, 2.05) is 24.3 Å². The molecule has 0 atom stereocenters. The Kier molecular flexibility index (Phi) is 7.17. The molecular weight excluding hydrogens is 494 g/mol. The third kappa shape index (κ3) is 5.33. The number of benzene rings is 3. The summed E-state index contributed by atoms with van der Waals surface area (Å²) in [7, 11) is 0. The lowest BCUT2D eigenvalue weighted by Crippen LogP contribution is -2.33. The van der Waals surface area contributed by atoms with Crippen molar-refractivity contribution < 1.29 is 23.4 Å². The first-order valence-electron chi connectivity index (χ1n) is 12.1. The molecule has 190 valence electrons. The van der Waals surface area contributed by atoms with Crippen LogP contribution < -0.4 is 14.9 Å². The van der Waals surface area contributed by atoms with E-state index >= 15 is 0 Å². The summed E-state index contributed by atoms with van der Waals surface area (Å²) < 4.78 is 23.0. The van der Waals surface area contributed by atoms with Crippen molar-refractivity contribution in [1.82, 2.24) is 4.90 Å². The summed E-state index contributed by atoms with van der Waals surface area (Å²) in [5, 5.41) is 1.14. The first-order chi connectivity index (χ1) is 17.9. The van der Waals surface area contributed by atoms with Crippen LogP contribution in [0.1, 0.15) is 34.2 Å². The first kappa shape index (κ1) is 24.9. The Hall–Kier alpha value is -3.81. The molecule has 0 spiro atoms. The minimum atomic E-state index is -0.412. The quantitative estimate of drug-likeness (QED) is 0.272. The van der Waals surface area contributed by atoms with Gasteiger partial charge in [0.15, 0.2) is 0 Å². The molecule has 0 fully saturated rings. The Labute approximate surface area is 219 Å². The molecule has 0 amide bonds. The van der Waals surface area contributed by atoms with Crippen LogP contribution >= 0.6 is 11.6 Å². The average molecular weight is 520 g/mol. The Morgan fingerprint density at radius 3 is 2.54 bits per heavy atom. The molecule has 4 aromatic rings. The number of rotatable bonds is 7. The normalized spacial score (nSPS) is 13.2. The topological polar surface area (TPSA) is 78.2 Å². The predicted molar refractivity (Wildman–Crippen MR) is 141 cm³/mol. The van der Waals surface area contributed by atoms with Crippen molar-refractivity contribution in [3.05, 3.63) is 98.4 Å². The smallest absolute Gasteiger partial charge is 0.338 e. The first-order valence-corrected chi connectivity index (χ1v) is 12.4. The van der Waals surface area contributed by atoms with Gasteiger partial charge in [-0.1, -0.05) is 23.7 Å². The molecule has 37 heavy (non-hydrogen) atoms. The second-order valence-corrected chi connectivity index (χ2v) is 9.22. The lowest BCUT2D eigenvalue weighted by Gasteiger charge is -2.29. The largest absolute Gasteiger partial charge is 0.478 e. The summed E-state index contributed by atoms with van der Waals surface area (Å²) in [6.45, 7) is 5.58. The number of fused-ring (bicyclic) bond motifs is 3. The number of halogens is 1. The van der Waals surface area contributed by atoms with E-state index in [2.05, 4.69) is 4.90 Å². The van der Waals surface area contributed by atoms with E-state index in [0.717, 1.165) is 18.5 Å². The molecule has 2 heterocycles. The monoisotopic (exact) mass is 519 g/mol. The third-order valence-corrected chi connectivity index (χ3v) is 6.49. The molecule has 0 saturated carbocycles. The third-order valence-electron chi connectivity index (χ3n) is 6.24. The zero-order valence-electron chi connectivity index (χ0n) is 20.6. The number of nitrogens with zero attached hydrogens (tertiary/aromatic N) is 1. The molecule has 0 radical (unpaired) electrons. The summed E-state index contributed by atoms with van der Waals surface area (Å²) in [5.41, 5.74) is 2.66. The molecule has 3 aromatic carbocycles. The summed E-state index contributed by atoms with van der Waals surface area (Å²) in [4.78, 5) is 27.5. The van der Waals surface area contributed by atoms with Crippen molar-refractivity contribution in [3.63, 3.8) is 0 Å². The van der Waals surface area contributed by atoms with E-state index in [1.165, 1.54) is 5.56 Å². The van der Waals surface area contributed by atoms with Crippen LogP contribution in [0.4, 0.5) is 0 Å². The molecular formula is C29H26ClNO6. The summed E-state index contributed by atoms with van der Waals surface area (Å²) in [6, 6.07) is 17.8. The van der Waals surface area contributed by atoms with Crippen molar-refractivity contribution in [2.45, 2.75) is 26.8 Å². The highest BCUT2D eigenvalue weighted by atomic mass is 35.5. The zero-order chi connectivity index (χ0) is 25.9. The molecule has 7 nitrogen and oxygen atoms in total. The Balaban J connectivity index is 1.38. The molecule has 8 heteroatoms. The van der Waals surface area contributed by atoms with Gasteiger partial charge in [-0.05, 0) is 74.4 Å². The number of hydrogen-bond donors (Lipinski definition) is 0. The molecule has 1 aliphatic rings. The van der Waals surface area contributed by atoms with E-state index in [9.17, 15) is 9.59 Å². The molecule has 1 aliphatic heterocycles. The highest BCUT2D eigenvalue weighted by Crippen LogP contribution is 2.34. The van der Waals surface area contributed by atoms with Crippen LogP contribution in [0, 0.1) is 6.92 Å². The van der Waals surface area contributed by atoms with Gasteiger partial charge in [0.25, 0.3) is 0 Å². The van der Waals surface area contributed by atoms with Crippen LogP contribution in [0.2, 0.25) is 5.02 Å². The van der Waals surface area contributed by atoms with Crippen LogP contribution in [0.5, 0.6) is 17.2 Å². The summed E-state index contributed by atoms with van der Waals surface area (Å²) >= 11 is 5.99. The standard InChI is InChI=1S/C29H26ClNO6/c1-3-34-29(33)20-6-10-22(11-7-20)37-27-18(2)36-28-23(26(27)32)12-13-25-24(28)16-31(17-35-25)15-14-19-4-8-21(30)9-5-19/h4-13H,3,14-17H2,1-2H3. The Morgan fingerprint density at radius 1 is 1.05 bits per heavy atom. The van der Waals surface area contributed by atoms with Crippen LogP contribution in [-0.4, -0.2) is 30.8 Å². The van der Waals surface area contributed by atoms with Crippen molar-refractivity contribution in [1.29, 1.82) is 0 Å². The lowest BCUT2D eigenvalue weighted by molar-refractivity contribution is 0.0526. The maximum Gasteiger partial charge on any atom is 0.338 e. The molecule has 0 N–H and O–H groups in total. The number of carbonyl (C=O) groups is 1. The minimum Gasteiger partial charge on any atom is -0.478 e. The van der Waals surface area contributed by atoms with Gasteiger partial charge in [0.2, 0.25) is 11.2 Å². The lowest BCUT2D eigenvalue weighted by atomic mass is 10.1. The molecule has 0 bridgehead atoms. The maximum absolute atomic E-state index is 13.4. The Bertz CT molecular complexity index is 1490. The van der Waals surface area contributed by atoms with Gasteiger partial charge >= 0.3 is 5.97 Å². The molecule has 5 rings (SSSR count). The van der Waals surface area contributed by atoms with Crippen LogP contribution in [0.25, 0.3) is 11.0 Å². The minimum absolute atomic E-state index is 0.104. The SMILES string of the molecule is CCOC(=O)c1ccc(Oc2c(C)oc3c4c(ccc3c2=O)OCN(CCc2ccc(Cl)cc2)C4)cc1. The number of ether oxygens (including phenoxy) is 3. The summed E-state index contributed by atoms with van der Waals surface area (Å²) in [5.74, 6) is 1.18. The average Bonchev–Trinajstić information content (AvgIpc) is 2.91. The van der Waals surface area contributed by atoms with Gasteiger partial charge < -0.3 is 18.6 Å². The van der Waals surface area contributed by atoms with Gasteiger partial charge in [0.1, 0.15) is 29.6 Å². The maximum atomic E-state index is 13.4. The molecule has 0 unspecified atom stereocenters. The van der Waals surface area contributed by atoms with Crippen molar-refractivity contribution in [2.75, 3.05) is 19.9 Å². The number of esters is 1. The predicted octanol–water partition coefficient (Wildman–Crippen LogP) is 6.12. The van der Waals surface area contributed by atoms with Gasteiger partial charge in [-0.2, -0.15) is 0 Å². The Morgan fingerprint density at radius 2 is 1.81 bits per heavy atom. The van der Waals surface area contributed by atoms with E-state index < -0.39 is 5.97 Å². The van der Waals surface area contributed by atoms with Crippen molar-refractivity contribution in [2.24, 2.45) is 0 Å². The van der Waals surface area contributed by atoms with Crippen LogP contribution in [0.15, 0.2) is 69.9 Å². The van der Waals surface area contributed by atoms with Gasteiger partial charge in [-0.3, -0.25) is 9.69 Å². The van der Waals surface area contributed by atoms with Crippen LogP contribution in [0.3, 0.4) is 0 Å². The molecule has 1 aromatic heterocycles. The van der Waals surface area contributed by atoms with E-state index in [1.54, 1.807) is 50.2 Å². The fourth-order valence-corrected chi connectivity index (χ4v) is 4.42. The number of hydrogen-bond acceptors (Lipinski definition) is 7. The second-order valence-electron chi connectivity index (χ2n) is 8.78. The van der Waals surface area contributed by atoms with Crippen LogP contribution in [-0.2, 0) is 17.7 Å². The molecule has 0 aliphatic carbocycles. The summed E-state index contributed by atoms with van der Waals surface area (Å²) in [6.07, 6.45) is 0.844. The van der Waals surface area contributed by atoms with Crippen molar-refractivity contribution >= 4 is 28.5 Å².